The smallest absolute Gasteiger partial charge is 0.171 e. The molecule has 32 heavy (non-hydrogen) atoms. The van der Waals surface area contributed by atoms with Crippen molar-refractivity contribution >= 4 is 0 Å². The minimum absolute atomic E-state index is 0.0656. The number of aliphatic hydroxyl groups excluding tert-OH is 1. The van der Waals surface area contributed by atoms with Crippen molar-refractivity contribution in [1.29, 1.82) is 0 Å². The first kappa shape index (κ1) is 22.3. The molecule has 0 amide bonds. The zero-order chi connectivity index (χ0) is 22.7. The number of fused-ring (bicyclic) bond motifs is 7. The van der Waals surface area contributed by atoms with Crippen LogP contribution in [0, 0.1) is 52.3 Å². The van der Waals surface area contributed by atoms with Crippen LogP contribution in [0.25, 0.3) is 0 Å². The Morgan fingerprint density at radius 2 is 1.69 bits per heavy atom. The van der Waals surface area contributed by atoms with Gasteiger partial charge in [-0.25, -0.2) is 0 Å². The van der Waals surface area contributed by atoms with Gasteiger partial charge in [-0.15, -0.1) is 0 Å². The summed E-state index contributed by atoms with van der Waals surface area (Å²) in [7, 11) is 0. The average Bonchev–Trinajstić information content (AvgIpc) is 3.18. The van der Waals surface area contributed by atoms with Crippen molar-refractivity contribution in [1.82, 2.24) is 0 Å². The standard InChI is InChI=1S/C28H46O4/c1-16-6-11-28(31-15-16)18(3)24-23(32-28)13-22-20-12-17(2)27(30)14-19(29)7-10-26(27,5)21(20)8-9-25(22,24)4/h16-24,29-30H,6-15H2,1-5H3/t16-,17-,18+,19+,20+,21+,22+,23+,24+,25-,26-,27+,28-/m1/s1. The van der Waals surface area contributed by atoms with Crippen molar-refractivity contribution in [2.24, 2.45) is 52.3 Å². The zero-order valence-electron chi connectivity index (χ0n) is 21.0. The molecule has 0 aromatic rings. The van der Waals surface area contributed by atoms with E-state index >= 15 is 0 Å². The van der Waals surface area contributed by atoms with Crippen molar-refractivity contribution in [2.45, 2.75) is 116 Å². The van der Waals surface area contributed by atoms with Gasteiger partial charge in [-0.2, -0.15) is 0 Å². The molecule has 1 spiro atoms. The van der Waals surface area contributed by atoms with Gasteiger partial charge in [0.05, 0.1) is 24.4 Å². The highest BCUT2D eigenvalue weighted by Gasteiger charge is 2.71. The molecule has 2 saturated heterocycles. The number of rotatable bonds is 0. The summed E-state index contributed by atoms with van der Waals surface area (Å²) < 4.78 is 13.4. The summed E-state index contributed by atoms with van der Waals surface area (Å²) >= 11 is 0. The maximum absolute atomic E-state index is 11.9. The molecule has 6 fully saturated rings. The summed E-state index contributed by atoms with van der Waals surface area (Å²) in [6.07, 6.45) is 9.42. The highest BCUT2D eigenvalue weighted by atomic mass is 16.7. The molecule has 4 nitrogen and oxygen atoms in total. The lowest BCUT2D eigenvalue weighted by molar-refractivity contribution is -0.276. The summed E-state index contributed by atoms with van der Waals surface area (Å²) in [5.41, 5.74) is -0.459. The molecule has 4 aliphatic carbocycles. The lowest BCUT2D eigenvalue weighted by Gasteiger charge is -2.66. The molecule has 4 heteroatoms. The fourth-order valence-electron chi connectivity index (χ4n) is 10.7. The predicted molar refractivity (Wildman–Crippen MR) is 124 cm³/mol. The molecule has 0 unspecified atom stereocenters. The van der Waals surface area contributed by atoms with Gasteiger partial charge in [-0.05, 0) is 91.3 Å². The van der Waals surface area contributed by atoms with Gasteiger partial charge >= 0.3 is 0 Å². The van der Waals surface area contributed by atoms with Crippen LogP contribution >= 0.6 is 0 Å². The van der Waals surface area contributed by atoms with E-state index < -0.39 is 5.60 Å². The maximum atomic E-state index is 11.9. The van der Waals surface area contributed by atoms with Gasteiger partial charge in [-0.3, -0.25) is 0 Å². The summed E-state index contributed by atoms with van der Waals surface area (Å²) in [5.74, 6) is 3.56. The number of hydrogen-bond acceptors (Lipinski definition) is 4. The monoisotopic (exact) mass is 446 g/mol. The zero-order valence-corrected chi connectivity index (χ0v) is 21.0. The second kappa shape index (κ2) is 6.95. The van der Waals surface area contributed by atoms with E-state index in [1.807, 2.05) is 0 Å². The van der Waals surface area contributed by atoms with Crippen LogP contribution in [0.4, 0.5) is 0 Å². The van der Waals surface area contributed by atoms with E-state index in [1.54, 1.807) is 0 Å². The molecule has 6 aliphatic rings. The molecule has 0 bridgehead atoms. The van der Waals surface area contributed by atoms with Crippen LogP contribution in [-0.4, -0.2) is 40.4 Å². The van der Waals surface area contributed by atoms with Gasteiger partial charge in [0.15, 0.2) is 5.79 Å². The van der Waals surface area contributed by atoms with Crippen LogP contribution in [0.3, 0.4) is 0 Å². The molecular formula is C28H46O4. The van der Waals surface area contributed by atoms with Crippen molar-refractivity contribution < 1.29 is 19.7 Å². The van der Waals surface area contributed by atoms with Crippen molar-refractivity contribution in [3.8, 4) is 0 Å². The van der Waals surface area contributed by atoms with Crippen LogP contribution in [-0.2, 0) is 9.47 Å². The maximum Gasteiger partial charge on any atom is 0.171 e. The van der Waals surface area contributed by atoms with Gasteiger partial charge in [0.1, 0.15) is 0 Å². The molecule has 2 N–H and O–H groups in total. The first-order chi connectivity index (χ1) is 15.0. The third kappa shape index (κ3) is 2.65. The fourth-order valence-corrected chi connectivity index (χ4v) is 10.7. The molecule has 0 radical (unpaired) electrons. The Morgan fingerprint density at radius 3 is 2.41 bits per heavy atom. The van der Waals surface area contributed by atoms with Gasteiger partial charge in [-0.1, -0.05) is 34.6 Å². The summed E-state index contributed by atoms with van der Waals surface area (Å²) in [4.78, 5) is 0. The van der Waals surface area contributed by atoms with Gasteiger partial charge < -0.3 is 19.7 Å². The average molecular weight is 447 g/mol. The second-order valence-corrected chi connectivity index (χ2v) is 13.8. The summed E-state index contributed by atoms with van der Waals surface area (Å²) in [6.45, 7) is 12.8. The van der Waals surface area contributed by atoms with Crippen LogP contribution in [0.5, 0.6) is 0 Å². The van der Waals surface area contributed by atoms with Crippen LogP contribution < -0.4 is 0 Å². The third-order valence-corrected chi connectivity index (χ3v) is 12.5. The van der Waals surface area contributed by atoms with Gasteiger partial charge in [0, 0.05) is 18.8 Å². The van der Waals surface area contributed by atoms with E-state index in [9.17, 15) is 10.2 Å². The minimum Gasteiger partial charge on any atom is -0.393 e. The van der Waals surface area contributed by atoms with Crippen molar-refractivity contribution in [3.05, 3.63) is 0 Å². The van der Waals surface area contributed by atoms with E-state index in [0.29, 0.717) is 53.4 Å². The van der Waals surface area contributed by atoms with Gasteiger partial charge in [0.25, 0.3) is 0 Å². The molecule has 2 aliphatic heterocycles. The van der Waals surface area contributed by atoms with Gasteiger partial charge in [0.2, 0.25) is 0 Å². The quantitative estimate of drug-likeness (QED) is 0.540. The Bertz CT molecular complexity index is 761. The van der Waals surface area contributed by atoms with Crippen LogP contribution in [0.15, 0.2) is 0 Å². The molecule has 2 heterocycles. The summed E-state index contributed by atoms with van der Waals surface area (Å²) in [5, 5.41) is 22.3. The Balaban J connectivity index is 1.30. The second-order valence-electron chi connectivity index (χ2n) is 13.8. The fraction of sp³-hybridized carbons (Fsp3) is 1.00. The van der Waals surface area contributed by atoms with E-state index in [2.05, 4.69) is 34.6 Å². The lowest BCUT2D eigenvalue weighted by Crippen LogP contribution is -2.66. The SMILES string of the molecule is C[C@@H]1CC[C@@]2(OC1)O[C@H]1C[C@H]3[C@H]4C[C@@H](C)[C@@]5(O)C[C@@H](O)CC[C@]5(C)[C@H]4CC[C@@]3(C)[C@H]1[C@@H]2C. The Hall–Kier alpha value is -0.160. The van der Waals surface area contributed by atoms with Crippen LogP contribution in [0.2, 0.25) is 0 Å². The first-order valence-electron chi connectivity index (χ1n) is 13.8. The van der Waals surface area contributed by atoms with E-state index in [-0.39, 0.29) is 23.2 Å². The van der Waals surface area contributed by atoms with Crippen LogP contribution in [0.1, 0.15) is 92.4 Å². The first-order valence-corrected chi connectivity index (χ1v) is 13.8. The largest absolute Gasteiger partial charge is 0.393 e. The predicted octanol–water partition coefficient (Wildman–Crippen LogP) is 5.15. The Labute approximate surface area is 194 Å². The molecule has 182 valence electrons. The van der Waals surface area contributed by atoms with E-state index in [1.165, 1.54) is 25.7 Å². The van der Waals surface area contributed by atoms with Crippen molar-refractivity contribution in [3.63, 3.8) is 0 Å². The molecule has 4 saturated carbocycles. The molecule has 0 aromatic heterocycles. The number of hydrogen-bond donors (Lipinski definition) is 2. The topological polar surface area (TPSA) is 58.9 Å². The highest BCUT2D eigenvalue weighted by molar-refractivity contribution is 5.19. The Morgan fingerprint density at radius 1 is 0.906 bits per heavy atom. The number of aliphatic hydroxyl groups is 2. The molecule has 6 rings (SSSR count). The molecule has 13 atom stereocenters. The summed E-state index contributed by atoms with van der Waals surface area (Å²) in [6, 6.07) is 0. The van der Waals surface area contributed by atoms with Crippen molar-refractivity contribution in [2.75, 3.05) is 6.61 Å². The highest BCUT2D eigenvalue weighted by Crippen LogP contribution is 2.72. The third-order valence-electron chi connectivity index (χ3n) is 12.5. The lowest BCUT2D eigenvalue weighted by atomic mass is 9.41. The minimum atomic E-state index is -0.714. The molecule has 0 aromatic carbocycles. The molecular weight excluding hydrogens is 400 g/mol. The van der Waals surface area contributed by atoms with E-state index in [0.717, 1.165) is 32.3 Å². The Kier molecular flexibility index (Phi) is 4.85. The van der Waals surface area contributed by atoms with E-state index in [4.69, 9.17) is 9.47 Å². The number of ether oxygens (including phenoxy) is 2. The normalized spacial score (nSPS) is 64.0.